The molecule has 0 aromatic carbocycles. The number of aromatic amines is 1. The largest absolute Gasteiger partial charge is 0.387 e. The molecule has 7 rings (SSSR count). The summed E-state index contributed by atoms with van der Waals surface area (Å²) in [6.45, 7) is 0.806. The molecule has 6 aliphatic rings. The summed E-state index contributed by atoms with van der Waals surface area (Å²) >= 11 is 0. The van der Waals surface area contributed by atoms with Gasteiger partial charge in [0.05, 0.1) is 5.60 Å². The monoisotopic (exact) mass is 424 g/mol. The van der Waals surface area contributed by atoms with Crippen molar-refractivity contribution in [1.82, 2.24) is 20.4 Å². The van der Waals surface area contributed by atoms with Crippen molar-refractivity contribution in [3.05, 3.63) is 28.2 Å². The molecule has 0 radical (unpaired) electrons. The smallest absolute Gasteiger partial charge is 0.274 e. The second kappa shape index (κ2) is 5.97. The number of fused-ring (bicyclic) bond motifs is 2. The molecule has 31 heavy (non-hydrogen) atoms. The number of hydrogen-bond donors (Lipinski definition) is 3. The molecular formula is C23H28N4O4. The summed E-state index contributed by atoms with van der Waals surface area (Å²) in [4.78, 5) is 39.0. The van der Waals surface area contributed by atoms with Crippen LogP contribution in [0, 0.1) is 47.3 Å². The number of piperidine rings is 1. The first-order chi connectivity index (χ1) is 15.0. The molecule has 2 heterocycles. The van der Waals surface area contributed by atoms with Gasteiger partial charge in [-0.3, -0.25) is 14.4 Å². The average Bonchev–Trinajstić information content (AvgIpc) is 3.31. The van der Waals surface area contributed by atoms with Crippen molar-refractivity contribution in [1.29, 1.82) is 0 Å². The standard InChI is InChI=1S/C23H28N4O4/c28-16-5-4-14(25-26-16)22(30)27-6-2-1-3-15(27)21(29)24-9-23(31)19-11-8-12-17-10(11)7-13(19)18(17)20(12)23/h4-5,10-13,15,17-20,31H,1-3,6-9H2,(H,24,29)(H,26,28). The minimum atomic E-state index is -0.760. The van der Waals surface area contributed by atoms with E-state index in [2.05, 4.69) is 15.5 Å². The number of carbonyl (C=O) groups excluding carboxylic acids is 2. The highest BCUT2D eigenvalue weighted by Crippen LogP contribution is 2.85. The zero-order chi connectivity index (χ0) is 21.1. The molecule has 2 bridgehead atoms. The van der Waals surface area contributed by atoms with Gasteiger partial charge in [-0.25, -0.2) is 5.10 Å². The minimum absolute atomic E-state index is 0.142. The van der Waals surface area contributed by atoms with Crippen molar-refractivity contribution in [2.75, 3.05) is 13.1 Å². The Morgan fingerprint density at radius 1 is 1.13 bits per heavy atom. The van der Waals surface area contributed by atoms with Crippen molar-refractivity contribution in [2.24, 2.45) is 47.3 Å². The van der Waals surface area contributed by atoms with Crippen LogP contribution in [-0.4, -0.2) is 56.8 Å². The topological polar surface area (TPSA) is 115 Å². The number of H-pyrrole nitrogens is 1. The first-order valence-electron chi connectivity index (χ1n) is 11.9. The predicted molar refractivity (Wildman–Crippen MR) is 109 cm³/mol. The van der Waals surface area contributed by atoms with E-state index in [4.69, 9.17) is 0 Å². The van der Waals surface area contributed by atoms with Crippen LogP contribution in [0.25, 0.3) is 0 Å². The fraction of sp³-hybridized carbons (Fsp3) is 0.739. The van der Waals surface area contributed by atoms with E-state index >= 15 is 0 Å². The molecule has 10 atom stereocenters. The van der Waals surface area contributed by atoms with E-state index < -0.39 is 11.6 Å². The number of carbonyl (C=O) groups is 2. The SMILES string of the molecule is O=C(NCC1(O)C2C3CC4C5C3CC2C5C41)C1CCCCN1C(=O)c1ccc(=O)[nH]n1. The number of likely N-dealkylation sites (tertiary alicyclic amines) is 1. The highest BCUT2D eigenvalue weighted by molar-refractivity contribution is 5.96. The number of nitrogens with one attached hydrogen (secondary N) is 2. The average molecular weight is 425 g/mol. The Labute approximate surface area is 179 Å². The Hall–Kier alpha value is -2.22. The van der Waals surface area contributed by atoms with Crippen LogP contribution in [-0.2, 0) is 4.79 Å². The van der Waals surface area contributed by atoms with E-state index in [1.165, 1.54) is 25.0 Å². The summed E-state index contributed by atoms with van der Waals surface area (Å²) in [6, 6.07) is 2.11. The maximum atomic E-state index is 13.2. The molecule has 5 aliphatic carbocycles. The highest BCUT2D eigenvalue weighted by atomic mass is 16.3. The molecule has 1 aromatic heterocycles. The van der Waals surface area contributed by atoms with Crippen molar-refractivity contribution >= 4 is 11.8 Å². The van der Waals surface area contributed by atoms with Gasteiger partial charge in [-0.05, 0) is 85.5 Å². The maximum Gasteiger partial charge on any atom is 0.274 e. The van der Waals surface area contributed by atoms with E-state index in [1.807, 2.05) is 0 Å². The summed E-state index contributed by atoms with van der Waals surface area (Å²) in [7, 11) is 0. The molecule has 8 heteroatoms. The number of aromatic nitrogens is 2. The molecule has 2 amide bonds. The first kappa shape index (κ1) is 18.4. The van der Waals surface area contributed by atoms with Crippen molar-refractivity contribution in [3.8, 4) is 0 Å². The summed E-state index contributed by atoms with van der Waals surface area (Å²) in [5.41, 5.74) is -0.985. The lowest BCUT2D eigenvalue weighted by Crippen LogP contribution is -2.61. The molecule has 3 N–H and O–H groups in total. The molecule has 1 saturated heterocycles. The predicted octanol–water partition coefficient (Wildman–Crippen LogP) is 0.390. The van der Waals surface area contributed by atoms with E-state index in [0.717, 1.165) is 24.7 Å². The van der Waals surface area contributed by atoms with Crippen LogP contribution in [0.15, 0.2) is 16.9 Å². The molecular weight excluding hydrogens is 396 g/mol. The van der Waals surface area contributed by atoms with Crippen LogP contribution in [0.2, 0.25) is 0 Å². The molecule has 10 unspecified atom stereocenters. The van der Waals surface area contributed by atoms with E-state index in [1.54, 1.807) is 4.90 Å². The third kappa shape index (κ3) is 2.14. The van der Waals surface area contributed by atoms with Gasteiger partial charge in [0.1, 0.15) is 11.7 Å². The van der Waals surface area contributed by atoms with Gasteiger partial charge in [0.25, 0.3) is 11.5 Å². The molecule has 6 fully saturated rings. The fourth-order valence-electron chi connectivity index (χ4n) is 9.36. The highest BCUT2D eigenvalue weighted by Gasteiger charge is 2.84. The maximum absolute atomic E-state index is 13.2. The fourth-order valence-corrected chi connectivity index (χ4v) is 9.36. The minimum Gasteiger partial charge on any atom is -0.387 e. The van der Waals surface area contributed by atoms with Crippen LogP contribution >= 0.6 is 0 Å². The van der Waals surface area contributed by atoms with E-state index in [0.29, 0.717) is 55.0 Å². The molecule has 5 saturated carbocycles. The Kier molecular flexibility index (Phi) is 3.53. The third-order valence-electron chi connectivity index (χ3n) is 10.0. The summed E-state index contributed by atoms with van der Waals surface area (Å²) in [5.74, 6) is 4.60. The van der Waals surface area contributed by atoms with Crippen LogP contribution in [0.4, 0.5) is 0 Å². The zero-order valence-corrected chi connectivity index (χ0v) is 17.4. The van der Waals surface area contributed by atoms with Crippen LogP contribution in [0.5, 0.6) is 0 Å². The Bertz CT molecular complexity index is 1010. The van der Waals surface area contributed by atoms with Crippen molar-refractivity contribution < 1.29 is 14.7 Å². The molecule has 0 spiro atoms. The van der Waals surface area contributed by atoms with Gasteiger partial charge >= 0.3 is 0 Å². The second-order valence-electron chi connectivity index (χ2n) is 10.9. The molecule has 1 aromatic rings. The van der Waals surface area contributed by atoms with E-state index in [9.17, 15) is 19.5 Å². The molecule has 1 aliphatic heterocycles. The van der Waals surface area contributed by atoms with Crippen LogP contribution in [0.3, 0.4) is 0 Å². The van der Waals surface area contributed by atoms with Gasteiger partial charge in [0, 0.05) is 19.2 Å². The Balaban J connectivity index is 1.08. The summed E-state index contributed by atoms with van der Waals surface area (Å²) in [6.07, 6.45) is 4.92. The quantitative estimate of drug-likeness (QED) is 0.647. The van der Waals surface area contributed by atoms with Gasteiger partial charge in [-0.1, -0.05) is 0 Å². The lowest BCUT2D eigenvalue weighted by Gasteiger charge is -2.51. The van der Waals surface area contributed by atoms with Gasteiger partial charge in [0.2, 0.25) is 5.91 Å². The zero-order valence-electron chi connectivity index (χ0n) is 17.4. The van der Waals surface area contributed by atoms with Gasteiger partial charge in [-0.2, -0.15) is 5.10 Å². The summed E-state index contributed by atoms with van der Waals surface area (Å²) < 4.78 is 0. The Morgan fingerprint density at radius 2 is 1.94 bits per heavy atom. The van der Waals surface area contributed by atoms with Crippen molar-refractivity contribution in [2.45, 2.75) is 43.7 Å². The van der Waals surface area contributed by atoms with Crippen molar-refractivity contribution in [3.63, 3.8) is 0 Å². The number of amides is 2. The van der Waals surface area contributed by atoms with E-state index in [-0.39, 0.29) is 23.1 Å². The third-order valence-corrected chi connectivity index (χ3v) is 10.0. The molecule has 8 nitrogen and oxygen atoms in total. The van der Waals surface area contributed by atoms with Gasteiger partial charge < -0.3 is 15.3 Å². The normalized spacial score (nSPS) is 47.6. The lowest BCUT2D eigenvalue weighted by atomic mass is 9.56. The first-order valence-corrected chi connectivity index (χ1v) is 11.9. The van der Waals surface area contributed by atoms with Crippen LogP contribution in [0.1, 0.15) is 42.6 Å². The number of aliphatic hydroxyl groups is 1. The van der Waals surface area contributed by atoms with Crippen LogP contribution < -0.4 is 10.9 Å². The number of nitrogens with zero attached hydrogens (tertiary/aromatic N) is 2. The van der Waals surface area contributed by atoms with Gasteiger partial charge in [-0.15, -0.1) is 0 Å². The number of hydrogen-bond acceptors (Lipinski definition) is 5. The summed E-state index contributed by atoms with van der Waals surface area (Å²) in [5, 5.41) is 21.0. The Morgan fingerprint density at radius 3 is 2.74 bits per heavy atom. The number of rotatable bonds is 4. The molecule has 164 valence electrons. The van der Waals surface area contributed by atoms with Gasteiger partial charge in [0.15, 0.2) is 0 Å². The lowest BCUT2D eigenvalue weighted by molar-refractivity contribution is -0.140. The second-order valence-corrected chi connectivity index (χ2v) is 10.9.